The molecule has 2 unspecified atom stereocenters. The highest BCUT2D eigenvalue weighted by Gasteiger charge is 2.27. The third-order valence-corrected chi connectivity index (χ3v) is 5.34. The molecule has 2 N–H and O–H groups in total. The van der Waals surface area contributed by atoms with Crippen molar-refractivity contribution in [3.63, 3.8) is 0 Å². The lowest BCUT2D eigenvalue weighted by Gasteiger charge is -2.21. The largest absolute Gasteiger partial charge is 0.395 e. The Hall–Kier alpha value is -0.700. The number of benzene rings is 1. The summed E-state index contributed by atoms with van der Waals surface area (Å²) in [5, 5.41) is 8.67. The maximum Gasteiger partial charge on any atom is 0.246 e. The van der Waals surface area contributed by atoms with E-state index in [1.165, 1.54) is 18.7 Å². The fourth-order valence-electron chi connectivity index (χ4n) is 1.56. The van der Waals surface area contributed by atoms with Crippen LogP contribution in [0.25, 0.3) is 0 Å². The summed E-state index contributed by atoms with van der Waals surface area (Å²) in [7, 11) is -4.31. The summed E-state index contributed by atoms with van der Waals surface area (Å²) in [6.07, 6.45) is 1.70. The number of aliphatic hydroxyl groups excluding tert-OH is 1. The van der Waals surface area contributed by atoms with E-state index in [4.69, 9.17) is 5.11 Å². The minimum atomic E-state index is -4.31. The van der Waals surface area contributed by atoms with E-state index in [-0.39, 0.29) is 6.61 Å². The Balaban J connectivity index is 3.06. The number of sulfonamides is 1. The summed E-state index contributed by atoms with van der Waals surface area (Å²) >= 11 is 1.26. The predicted octanol–water partition coefficient (Wildman–Crippen LogP) is 1.36. The normalized spacial score (nSPS) is 15.2. The summed E-state index contributed by atoms with van der Waals surface area (Å²) in [5.74, 6) is -2.30. The van der Waals surface area contributed by atoms with Gasteiger partial charge in [-0.05, 0) is 25.3 Å². The molecule has 1 aromatic rings. The van der Waals surface area contributed by atoms with E-state index in [9.17, 15) is 17.2 Å². The highest BCUT2D eigenvalue weighted by molar-refractivity contribution is 7.99. The van der Waals surface area contributed by atoms with Crippen LogP contribution in [0.4, 0.5) is 8.78 Å². The summed E-state index contributed by atoms with van der Waals surface area (Å²) in [4.78, 5) is -1.00. The van der Waals surface area contributed by atoms with Crippen LogP contribution >= 0.6 is 11.8 Å². The fraction of sp³-hybridized carbons (Fsp3) is 0.455. The molecule has 0 heterocycles. The molecule has 0 bridgehead atoms. The average Bonchev–Trinajstić information content (AvgIpc) is 2.28. The molecule has 19 heavy (non-hydrogen) atoms. The van der Waals surface area contributed by atoms with Crippen molar-refractivity contribution in [2.45, 2.75) is 23.1 Å². The average molecular weight is 311 g/mol. The Morgan fingerprint density at radius 3 is 2.32 bits per heavy atom. The number of hydrogen-bond donors (Lipinski definition) is 2. The Bertz CT molecular complexity index is 512. The highest BCUT2D eigenvalue weighted by atomic mass is 32.2. The third kappa shape index (κ3) is 3.88. The van der Waals surface area contributed by atoms with E-state index >= 15 is 0 Å². The van der Waals surface area contributed by atoms with E-state index in [0.717, 1.165) is 18.2 Å². The summed E-state index contributed by atoms with van der Waals surface area (Å²) in [6.45, 7) is 1.28. The topological polar surface area (TPSA) is 66.4 Å². The van der Waals surface area contributed by atoms with Gasteiger partial charge in [0.05, 0.1) is 6.61 Å². The smallest absolute Gasteiger partial charge is 0.246 e. The van der Waals surface area contributed by atoms with E-state index in [2.05, 4.69) is 4.72 Å². The maximum absolute atomic E-state index is 13.4. The molecule has 4 nitrogen and oxygen atoms in total. The molecule has 0 radical (unpaired) electrons. The van der Waals surface area contributed by atoms with Crippen molar-refractivity contribution < 1.29 is 22.3 Å². The molecular formula is C11H15F2NO3S2. The molecule has 1 aromatic carbocycles. The number of aliphatic hydroxyl groups is 1. The highest BCUT2D eigenvalue weighted by Crippen LogP contribution is 2.20. The molecule has 0 saturated heterocycles. The fourth-order valence-corrected chi connectivity index (χ4v) is 3.69. The minimum absolute atomic E-state index is 0.245. The van der Waals surface area contributed by atoms with Gasteiger partial charge in [-0.15, -0.1) is 0 Å². The van der Waals surface area contributed by atoms with Crippen LogP contribution in [0, 0.1) is 11.6 Å². The number of hydrogen-bond acceptors (Lipinski definition) is 4. The maximum atomic E-state index is 13.4. The Morgan fingerprint density at radius 2 is 1.89 bits per heavy atom. The van der Waals surface area contributed by atoms with Crippen LogP contribution in [0.15, 0.2) is 23.1 Å². The summed E-state index contributed by atoms with van der Waals surface area (Å²) in [5.41, 5.74) is 0. The zero-order valence-corrected chi connectivity index (χ0v) is 12.1. The van der Waals surface area contributed by atoms with Crippen molar-refractivity contribution >= 4 is 21.8 Å². The molecule has 0 saturated carbocycles. The minimum Gasteiger partial charge on any atom is -0.395 e. The second-order valence-electron chi connectivity index (χ2n) is 3.92. The van der Waals surface area contributed by atoms with Gasteiger partial charge in [0.15, 0.2) is 4.90 Å². The second-order valence-corrected chi connectivity index (χ2v) is 6.65. The van der Waals surface area contributed by atoms with Crippen LogP contribution in [0.3, 0.4) is 0 Å². The van der Waals surface area contributed by atoms with Crippen LogP contribution in [0.1, 0.15) is 6.92 Å². The van der Waals surface area contributed by atoms with Gasteiger partial charge in [0.25, 0.3) is 0 Å². The molecule has 8 heteroatoms. The molecule has 0 spiro atoms. The zero-order chi connectivity index (χ0) is 14.6. The standard InChI is InChI=1S/C11H15F2NO3S2/c1-7(10(6-15)18-2)14-19(16,17)11-8(12)4-3-5-9(11)13/h3-5,7,10,14-15H,6H2,1-2H3. The first-order chi connectivity index (χ1) is 8.83. The van der Waals surface area contributed by atoms with Gasteiger partial charge in [-0.2, -0.15) is 11.8 Å². The van der Waals surface area contributed by atoms with Crippen molar-refractivity contribution in [3.05, 3.63) is 29.8 Å². The van der Waals surface area contributed by atoms with Crippen LogP contribution in [0.2, 0.25) is 0 Å². The van der Waals surface area contributed by atoms with Crippen molar-refractivity contribution in [3.8, 4) is 0 Å². The molecule has 2 atom stereocenters. The molecule has 0 amide bonds. The molecule has 0 aliphatic heterocycles. The van der Waals surface area contributed by atoms with Crippen molar-refractivity contribution in [1.29, 1.82) is 0 Å². The first-order valence-electron chi connectivity index (χ1n) is 5.43. The third-order valence-electron chi connectivity index (χ3n) is 2.57. The molecule has 0 aliphatic rings. The number of rotatable bonds is 6. The SMILES string of the molecule is CSC(CO)C(C)NS(=O)(=O)c1c(F)cccc1F. The van der Waals surface area contributed by atoms with Gasteiger partial charge < -0.3 is 5.11 Å². The van der Waals surface area contributed by atoms with Gasteiger partial charge in [-0.3, -0.25) is 0 Å². The Kier molecular flexibility index (Phi) is 5.72. The first-order valence-corrected chi connectivity index (χ1v) is 8.20. The van der Waals surface area contributed by atoms with Gasteiger partial charge in [0, 0.05) is 11.3 Å². The number of halogens is 2. The molecular weight excluding hydrogens is 296 g/mol. The molecule has 1 rings (SSSR count). The number of thioether (sulfide) groups is 1. The molecule has 0 fully saturated rings. The van der Waals surface area contributed by atoms with Crippen LogP contribution in [-0.4, -0.2) is 37.7 Å². The predicted molar refractivity (Wildman–Crippen MR) is 70.5 cm³/mol. The Morgan fingerprint density at radius 1 is 1.37 bits per heavy atom. The lowest BCUT2D eigenvalue weighted by molar-refractivity contribution is 0.282. The van der Waals surface area contributed by atoms with E-state index in [0.29, 0.717) is 0 Å². The van der Waals surface area contributed by atoms with Gasteiger partial charge in [0.1, 0.15) is 11.6 Å². The van der Waals surface area contributed by atoms with Gasteiger partial charge in [-0.1, -0.05) is 6.07 Å². The van der Waals surface area contributed by atoms with E-state index in [1.807, 2.05) is 0 Å². The lowest BCUT2D eigenvalue weighted by atomic mass is 10.3. The second kappa shape index (κ2) is 6.65. The summed E-state index contributed by atoms with van der Waals surface area (Å²) < 4.78 is 52.9. The summed E-state index contributed by atoms with van der Waals surface area (Å²) in [6, 6.07) is 2.18. The number of nitrogens with one attached hydrogen (secondary N) is 1. The van der Waals surface area contributed by atoms with Crippen LogP contribution in [-0.2, 0) is 10.0 Å². The molecule has 0 aliphatic carbocycles. The van der Waals surface area contributed by atoms with E-state index in [1.54, 1.807) is 6.26 Å². The first kappa shape index (κ1) is 16.4. The van der Waals surface area contributed by atoms with Gasteiger partial charge in [0.2, 0.25) is 10.0 Å². The zero-order valence-electron chi connectivity index (χ0n) is 10.4. The van der Waals surface area contributed by atoms with Crippen LogP contribution < -0.4 is 4.72 Å². The quantitative estimate of drug-likeness (QED) is 0.832. The van der Waals surface area contributed by atoms with Crippen LogP contribution in [0.5, 0.6) is 0 Å². The van der Waals surface area contributed by atoms with Crippen molar-refractivity contribution in [2.24, 2.45) is 0 Å². The molecule has 0 aromatic heterocycles. The Labute approximate surface area is 115 Å². The monoisotopic (exact) mass is 311 g/mol. The molecule has 108 valence electrons. The lowest BCUT2D eigenvalue weighted by Crippen LogP contribution is -2.41. The van der Waals surface area contributed by atoms with Crippen molar-refractivity contribution in [1.82, 2.24) is 4.72 Å². The van der Waals surface area contributed by atoms with Crippen molar-refractivity contribution in [2.75, 3.05) is 12.9 Å². The van der Waals surface area contributed by atoms with E-state index < -0.39 is 37.8 Å². The van der Waals surface area contributed by atoms with Gasteiger partial charge >= 0.3 is 0 Å². The van der Waals surface area contributed by atoms with Gasteiger partial charge in [-0.25, -0.2) is 21.9 Å².